The molecule has 0 saturated heterocycles. The summed E-state index contributed by atoms with van der Waals surface area (Å²) in [5, 5.41) is 0. The van der Waals surface area contributed by atoms with E-state index in [0.717, 1.165) is 5.56 Å². The number of carbonyl (C=O) groups is 1. The molecular weight excluding hydrogens is 200 g/mol. The van der Waals surface area contributed by atoms with Crippen LogP contribution in [0.4, 0.5) is 0 Å². The Balaban J connectivity index is 2.87. The van der Waals surface area contributed by atoms with Crippen molar-refractivity contribution in [1.82, 2.24) is 0 Å². The Kier molecular flexibility index (Phi) is 4.29. The van der Waals surface area contributed by atoms with E-state index in [1.807, 2.05) is 45.0 Å². The predicted octanol–water partition coefficient (Wildman–Crippen LogP) is 3.54. The maximum atomic E-state index is 11.4. The third-order valence-corrected chi connectivity index (χ3v) is 2.24. The Hall–Kier alpha value is -1.57. The van der Waals surface area contributed by atoms with Crippen LogP contribution in [0.25, 0.3) is 0 Å². The SMILES string of the molecule is CC(=O)c1cc(C)ccc1OCC=C(C)C. The lowest BCUT2D eigenvalue weighted by Crippen LogP contribution is -2.02. The highest BCUT2D eigenvalue weighted by molar-refractivity contribution is 5.97. The molecule has 0 N–H and O–H groups in total. The second-order valence-electron chi connectivity index (χ2n) is 4.15. The summed E-state index contributed by atoms with van der Waals surface area (Å²) in [6.07, 6.45) is 1.99. The molecule has 0 aliphatic heterocycles. The molecule has 1 rings (SSSR count). The van der Waals surface area contributed by atoms with Crippen molar-refractivity contribution in [2.45, 2.75) is 27.7 Å². The van der Waals surface area contributed by atoms with Crippen LogP contribution in [0.5, 0.6) is 5.75 Å². The van der Waals surface area contributed by atoms with Gasteiger partial charge in [-0.2, -0.15) is 0 Å². The standard InChI is InChI=1S/C14H18O2/c1-10(2)7-8-16-14-6-5-11(3)9-13(14)12(4)15/h5-7,9H,8H2,1-4H3. The molecule has 0 bridgehead atoms. The van der Waals surface area contributed by atoms with Crippen LogP contribution in [0.1, 0.15) is 36.7 Å². The van der Waals surface area contributed by atoms with Gasteiger partial charge >= 0.3 is 0 Å². The van der Waals surface area contributed by atoms with E-state index in [1.54, 1.807) is 6.92 Å². The fourth-order valence-electron chi connectivity index (χ4n) is 1.34. The minimum absolute atomic E-state index is 0.0379. The van der Waals surface area contributed by atoms with Crippen LogP contribution in [-0.4, -0.2) is 12.4 Å². The van der Waals surface area contributed by atoms with Crippen LogP contribution in [0, 0.1) is 6.92 Å². The van der Waals surface area contributed by atoms with Crippen molar-refractivity contribution < 1.29 is 9.53 Å². The van der Waals surface area contributed by atoms with Crippen LogP contribution in [0.15, 0.2) is 29.8 Å². The van der Waals surface area contributed by atoms with Crippen molar-refractivity contribution in [2.75, 3.05) is 6.61 Å². The molecule has 86 valence electrons. The molecule has 1 aromatic carbocycles. The van der Waals surface area contributed by atoms with E-state index in [9.17, 15) is 4.79 Å². The molecule has 0 amide bonds. The van der Waals surface area contributed by atoms with E-state index in [0.29, 0.717) is 17.9 Å². The molecule has 0 aromatic heterocycles. The summed E-state index contributed by atoms with van der Waals surface area (Å²) in [5.41, 5.74) is 2.93. The van der Waals surface area contributed by atoms with Gasteiger partial charge in [-0.25, -0.2) is 0 Å². The first kappa shape index (κ1) is 12.5. The zero-order valence-corrected chi connectivity index (χ0v) is 10.3. The van der Waals surface area contributed by atoms with Gasteiger partial charge in [0.15, 0.2) is 5.78 Å². The summed E-state index contributed by atoms with van der Waals surface area (Å²) in [5.74, 6) is 0.700. The molecule has 2 nitrogen and oxygen atoms in total. The minimum Gasteiger partial charge on any atom is -0.489 e. The first-order chi connectivity index (χ1) is 7.50. The number of Topliss-reactive ketones (excluding diaryl/α,β-unsaturated/α-hetero) is 1. The number of ketones is 1. The zero-order chi connectivity index (χ0) is 12.1. The maximum absolute atomic E-state index is 11.4. The van der Waals surface area contributed by atoms with Gasteiger partial charge < -0.3 is 4.74 Å². The van der Waals surface area contributed by atoms with Crippen molar-refractivity contribution in [3.63, 3.8) is 0 Å². The molecule has 0 radical (unpaired) electrons. The summed E-state index contributed by atoms with van der Waals surface area (Å²) in [4.78, 5) is 11.4. The van der Waals surface area contributed by atoms with E-state index >= 15 is 0 Å². The number of hydrogen-bond acceptors (Lipinski definition) is 2. The van der Waals surface area contributed by atoms with Crippen LogP contribution >= 0.6 is 0 Å². The van der Waals surface area contributed by atoms with Crippen LogP contribution < -0.4 is 4.74 Å². The number of aryl methyl sites for hydroxylation is 1. The number of rotatable bonds is 4. The van der Waals surface area contributed by atoms with Crippen molar-refractivity contribution in [3.8, 4) is 5.75 Å². The lowest BCUT2D eigenvalue weighted by molar-refractivity contribution is 0.101. The topological polar surface area (TPSA) is 26.3 Å². The Morgan fingerprint density at radius 2 is 2.00 bits per heavy atom. The molecule has 0 spiro atoms. The highest BCUT2D eigenvalue weighted by atomic mass is 16.5. The molecule has 1 aromatic rings. The molecule has 16 heavy (non-hydrogen) atoms. The van der Waals surface area contributed by atoms with E-state index in [2.05, 4.69) is 0 Å². The monoisotopic (exact) mass is 218 g/mol. The summed E-state index contributed by atoms with van der Waals surface area (Å²) >= 11 is 0. The molecule has 0 aliphatic rings. The third kappa shape index (κ3) is 3.54. The van der Waals surface area contributed by atoms with E-state index in [1.165, 1.54) is 5.57 Å². The quantitative estimate of drug-likeness (QED) is 0.570. The summed E-state index contributed by atoms with van der Waals surface area (Å²) in [7, 11) is 0. The van der Waals surface area contributed by atoms with Gasteiger partial charge in [-0.05, 0) is 45.9 Å². The van der Waals surface area contributed by atoms with Crippen molar-refractivity contribution in [3.05, 3.63) is 41.0 Å². The highest BCUT2D eigenvalue weighted by Gasteiger charge is 2.07. The fourth-order valence-corrected chi connectivity index (χ4v) is 1.34. The molecule has 0 heterocycles. The van der Waals surface area contributed by atoms with Gasteiger partial charge in [0.05, 0.1) is 5.56 Å². The Labute approximate surface area is 96.9 Å². The van der Waals surface area contributed by atoms with Gasteiger partial charge in [0.1, 0.15) is 12.4 Å². The van der Waals surface area contributed by atoms with E-state index in [4.69, 9.17) is 4.74 Å². The van der Waals surface area contributed by atoms with Gasteiger partial charge in [0, 0.05) is 0 Å². The number of ether oxygens (including phenoxy) is 1. The highest BCUT2D eigenvalue weighted by Crippen LogP contribution is 2.20. The number of carbonyl (C=O) groups excluding carboxylic acids is 1. The smallest absolute Gasteiger partial charge is 0.163 e. The average molecular weight is 218 g/mol. The Morgan fingerprint density at radius 3 is 2.56 bits per heavy atom. The zero-order valence-electron chi connectivity index (χ0n) is 10.3. The van der Waals surface area contributed by atoms with Gasteiger partial charge in [0.2, 0.25) is 0 Å². The van der Waals surface area contributed by atoms with Crippen LogP contribution in [-0.2, 0) is 0 Å². The van der Waals surface area contributed by atoms with E-state index < -0.39 is 0 Å². The van der Waals surface area contributed by atoms with Crippen LogP contribution in [0.2, 0.25) is 0 Å². The number of allylic oxidation sites excluding steroid dienone is 1. The average Bonchev–Trinajstić information content (AvgIpc) is 2.19. The van der Waals surface area contributed by atoms with Crippen molar-refractivity contribution in [1.29, 1.82) is 0 Å². The Morgan fingerprint density at radius 1 is 1.31 bits per heavy atom. The van der Waals surface area contributed by atoms with Gasteiger partial charge in [0.25, 0.3) is 0 Å². The first-order valence-electron chi connectivity index (χ1n) is 5.38. The molecule has 0 aliphatic carbocycles. The van der Waals surface area contributed by atoms with E-state index in [-0.39, 0.29) is 5.78 Å². The summed E-state index contributed by atoms with van der Waals surface area (Å²) in [6, 6.07) is 5.66. The third-order valence-electron chi connectivity index (χ3n) is 2.24. The summed E-state index contributed by atoms with van der Waals surface area (Å²) < 4.78 is 5.57. The predicted molar refractivity (Wildman–Crippen MR) is 66.1 cm³/mol. The van der Waals surface area contributed by atoms with Gasteiger partial charge in [-0.1, -0.05) is 17.2 Å². The van der Waals surface area contributed by atoms with Crippen molar-refractivity contribution in [2.24, 2.45) is 0 Å². The first-order valence-corrected chi connectivity index (χ1v) is 5.38. The second-order valence-corrected chi connectivity index (χ2v) is 4.15. The van der Waals surface area contributed by atoms with Crippen LogP contribution in [0.3, 0.4) is 0 Å². The fraction of sp³-hybridized carbons (Fsp3) is 0.357. The lowest BCUT2D eigenvalue weighted by atomic mass is 10.1. The normalized spacial score (nSPS) is 9.75. The molecule has 2 heteroatoms. The van der Waals surface area contributed by atoms with Gasteiger partial charge in [-0.3, -0.25) is 4.79 Å². The maximum Gasteiger partial charge on any atom is 0.163 e. The number of benzene rings is 1. The molecule has 0 atom stereocenters. The summed E-state index contributed by atoms with van der Waals surface area (Å²) in [6.45, 7) is 8.06. The molecule has 0 fully saturated rings. The van der Waals surface area contributed by atoms with Gasteiger partial charge in [-0.15, -0.1) is 0 Å². The lowest BCUT2D eigenvalue weighted by Gasteiger charge is -2.09. The minimum atomic E-state index is 0.0379. The molecule has 0 saturated carbocycles. The van der Waals surface area contributed by atoms with Crippen molar-refractivity contribution >= 4 is 5.78 Å². The molecule has 0 unspecified atom stereocenters. The number of hydrogen-bond donors (Lipinski definition) is 0. The largest absolute Gasteiger partial charge is 0.489 e. The molecular formula is C14H18O2. The second kappa shape index (κ2) is 5.50. The Bertz CT molecular complexity index is 413.